The van der Waals surface area contributed by atoms with Crippen LogP contribution in [0.1, 0.15) is 45.8 Å². The zero-order valence-electron chi connectivity index (χ0n) is 20.7. The molecule has 3 aromatic heterocycles. The lowest BCUT2D eigenvalue weighted by atomic mass is 10.0. The van der Waals surface area contributed by atoms with Crippen molar-refractivity contribution in [2.75, 3.05) is 16.9 Å². The normalized spacial score (nSPS) is 15.4. The summed E-state index contributed by atoms with van der Waals surface area (Å²) in [4.78, 5) is 26.6. The summed E-state index contributed by atoms with van der Waals surface area (Å²) >= 11 is 0. The first-order valence-corrected chi connectivity index (χ1v) is 13.6. The Labute approximate surface area is 221 Å². The number of alkyl halides is 3. The Kier molecular flexibility index (Phi) is 6.51. The predicted octanol–water partition coefficient (Wildman–Crippen LogP) is 4.47. The van der Waals surface area contributed by atoms with Gasteiger partial charge in [-0.15, -0.1) is 0 Å². The Balaban J connectivity index is 1.60. The van der Waals surface area contributed by atoms with Gasteiger partial charge >= 0.3 is 6.18 Å². The molecule has 13 heteroatoms. The summed E-state index contributed by atoms with van der Waals surface area (Å²) in [7, 11) is -3.88. The molecule has 202 valence electrons. The molecular formula is C26H22F3N5O4S. The third-order valence-electron chi connectivity index (χ3n) is 6.39. The molecule has 4 aromatic rings. The number of fused-ring (bicyclic) bond motifs is 3. The maximum atomic E-state index is 13.6. The van der Waals surface area contributed by atoms with Gasteiger partial charge in [-0.25, -0.2) is 18.4 Å². The molecule has 5 rings (SSSR count). The van der Waals surface area contributed by atoms with Gasteiger partial charge in [-0.3, -0.25) is 9.78 Å². The number of carbonyl (C=O) groups is 1. The molecule has 0 bridgehead atoms. The summed E-state index contributed by atoms with van der Waals surface area (Å²) in [6, 6.07) is 9.85. The van der Waals surface area contributed by atoms with Crippen molar-refractivity contribution in [3.05, 3.63) is 82.8 Å². The molecule has 1 aliphatic rings. The van der Waals surface area contributed by atoms with Gasteiger partial charge in [-0.1, -0.05) is 12.1 Å². The van der Waals surface area contributed by atoms with E-state index >= 15 is 0 Å². The average Bonchev–Trinajstić information content (AvgIpc) is 3.28. The first kappa shape index (κ1) is 26.5. The molecule has 0 radical (unpaired) electrons. The van der Waals surface area contributed by atoms with Crippen molar-refractivity contribution in [3.63, 3.8) is 0 Å². The van der Waals surface area contributed by atoms with Crippen LogP contribution in [-0.2, 0) is 33.9 Å². The molecule has 39 heavy (non-hydrogen) atoms. The maximum Gasteiger partial charge on any atom is 0.433 e. The molecule has 2 N–H and O–H groups in total. The van der Waals surface area contributed by atoms with Gasteiger partial charge in [-0.2, -0.15) is 13.2 Å². The second-order valence-corrected chi connectivity index (χ2v) is 11.0. The molecule has 0 spiro atoms. The van der Waals surface area contributed by atoms with Gasteiger partial charge in [0.1, 0.15) is 11.5 Å². The first-order valence-electron chi connectivity index (χ1n) is 11.7. The molecule has 0 aliphatic carbocycles. The molecule has 1 aliphatic heterocycles. The third kappa shape index (κ3) is 5.02. The van der Waals surface area contributed by atoms with E-state index in [0.717, 1.165) is 39.9 Å². The van der Waals surface area contributed by atoms with Crippen molar-refractivity contribution >= 4 is 38.2 Å². The number of pyridine rings is 3. The molecule has 0 unspecified atom stereocenters. The summed E-state index contributed by atoms with van der Waals surface area (Å²) in [5.41, 5.74) is 7.70. The Hall–Kier alpha value is -4.10. The molecule has 4 heterocycles. The number of sulfone groups is 1. The highest BCUT2D eigenvalue weighted by Gasteiger charge is 2.33. The molecular weight excluding hydrogens is 535 g/mol. The van der Waals surface area contributed by atoms with Gasteiger partial charge in [0.25, 0.3) is 5.91 Å². The summed E-state index contributed by atoms with van der Waals surface area (Å²) in [6.07, 6.45) is -1.84. The number of nitrogen functional groups attached to an aromatic ring is 1. The molecule has 1 amide bonds. The SMILES string of the molecule is C[C@H]1OCc2c1c(N)nc1cc(CN(C(=O)c3ccc(C(F)(F)F)nc3)c3cccnc3S(C)(=O)=O)ccc21. The Bertz CT molecular complexity index is 1710. The Morgan fingerprint density at radius 3 is 2.62 bits per heavy atom. The number of anilines is 2. The van der Waals surface area contributed by atoms with Crippen LogP contribution in [0.5, 0.6) is 0 Å². The number of aromatic nitrogens is 3. The minimum Gasteiger partial charge on any atom is -0.383 e. The zero-order chi connectivity index (χ0) is 28.1. The van der Waals surface area contributed by atoms with Crippen LogP contribution in [-0.4, -0.2) is 35.5 Å². The van der Waals surface area contributed by atoms with Crippen molar-refractivity contribution < 1.29 is 31.1 Å². The van der Waals surface area contributed by atoms with Crippen LogP contribution >= 0.6 is 0 Å². The molecule has 0 saturated heterocycles. The van der Waals surface area contributed by atoms with E-state index in [1.165, 1.54) is 18.3 Å². The number of nitrogens with zero attached hydrogens (tertiary/aromatic N) is 4. The average molecular weight is 558 g/mol. The van der Waals surface area contributed by atoms with Crippen LogP contribution in [0.2, 0.25) is 0 Å². The maximum absolute atomic E-state index is 13.6. The van der Waals surface area contributed by atoms with Crippen LogP contribution in [0, 0.1) is 0 Å². The van der Waals surface area contributed by atoms with Gasteiger partial charge in [0.05, 0.1) is 36.0 Å². The number of hydrogen-bond donors (Lipinski definition) is 1. The van der Waals surface area contributed by atoms with Crippen molar-refractivity contribution in [2.24, 2.45) is 0 Å². The van der Waals surface area contributed by atoms with Gasteiger partial charge in [0.2, 0.25) is 0 Å². The van der Waals surface area contributed by atoms with E-state index in [1.807, 2.05) is 13.0 Å². The summed E-state index contributed by atoms with van der Waals surface area (Å²) < 4.78 is 69.8. The van der Waals surface area contributed by atoms with Crippen molar-refractivity contribution in [3.8, 4) is 0 Å². The number of nitrogens with two attached hydrogens (primary N) is 1. The highest BCUT2D eigenvalue weighted by molar-refractivity contribution is 7.90. The lowest BCUT2D eigenvalue weighted by molar-refractivity contribution is -0.141. The van der Waals surface area contributed by atoms with E-state index in [0.29, 0.717) is 29.6 Å². The van der Waals surface area contributed by atoms with Crippen molar-refractivity contribution in [2.45, 2.75) is 37.4 Å². The summed E-state index contributed by atoms with van der Waals surface area (Å²) in [5, 5.41) is 0.473. The number of rotatable bonds is 5. The van der Waals surface area contributed by atoms with Gasteiger partial charge in [0.15, 0.2) is 14.9 Å². The molecule has 0 saturated carbocycles. The third-order valence-corrected chi connectivity index (χ3v) is 7.41. The summed E-state index contributed by atoms with van der Waals surface area (Å²) in [5.74, 6) is -0.437. The molecule has 9 nitrogen and oxygen atoms in total. The summed E-state index contributed by atoms with van der Waals surface area (Å²) in [6.45, 7) is 2.12. The van der Waals surface area contributed by atoms with Crippen LogP contribution in [0.25, 0.3) is 10.9 Å². The van der Waals surface area contributed by atoms with Crippen LogP contribution in [0.4, 0.5) is 24.7 Å². The minimum absolute atomic E-state index is 0.0337. The van der Waals surface area contributed by atoms with E-state index in [4.69, 9.17) is 10.5 Å². The predicted molar refractivity (Wildman–Crippen MR) is 136 cm³/mol. The number of carbonyl (C=O) groups excluding carboxylic acids is 1. The van der Waals surface area contributed by atoms with Crippen LogP contribution < -0.4 is 10.6 Å². The van der Waals surface area contributed by atoms with E-state index in [1.54, 1.807) is 12.1 Å². The zero-order valence-corrected chi connectivity index (χ0v) is 21.5. The minimum atomic E-state index is -4.68. The van der Waals surface area contributed by atoms with Gasteiger partial charge in [-0.05, 0) is 48.4 Å². The Morgan fingerprint density at radius 2 is 1.95 bits per heavy atom. The topological polar surface area (TPSA) is 128 Å². The number of hydrogen-bond acceptors (Lipinski definition) is 8. The van der Waals surface area contributed by atoms with Crippen LogP contribution in [0.15, 0.2) is 59.9 Å². The highest BCUT2D eigenvalue weighted by Crippen LogP contribution is 2.38. The number of benzene rings is 1. The largest absolute Gasteiger partial charge is 0.433 e. The molecule has 1 aromatic carbocycles. The molecule has 0 fully saturated rings. The second-order valence-electron chi connectivity index (χ2n) is 9.12. The van der Waals surface area contributed by atoms with E-state index in [9.17, 15) is 26.4 Å². The highest BCUT2D eigenvalue weighted by atomic mass is 32.2. The van der Waals surface area contributed by atoms with E-state index in [-0.39, 0.29) is 28.9 Å². The first-order chi connectivity index (χ1) is 18.3. The quantitative estimate of drug-likeness (QED) is 0.381. The fourth-order valence-electron chi connectivity index (χ4n) is 4.58. The van der Waals surface area contributed by atoms with E-state index in [2.05, 4.69) is 15.0 Å². The van der Waals surface area contributed by atoms with Gasteiger partial charge < -0.3 is 15.4 Å². The smallest absolute Gasteiger partial charge is 0.383 e. The standard InChI is InChI=1S/C26H22F3N5O4S/c1-14-22-18(13-38-14)17-7-5-15(10-19(17)33-23(22)30)12-34(20-4-3-9-31-24(20)39(2,36)37)25(35)16-6-8-21(32-11-16)26(27,28)29/h3-11,14H,12-13H2,1-2H3,(H2,30,33)/t14-/m1/s1. The fourth-order valence-corrected chi connectivity index (χ4v) is 5.39. The second kappa shape index (κ2) is 9.58. The fraction of sp³-hybridized carbons (Fsp3) is 0.231. The van der Waals surface area contributed by atoms with Crippen LogP contribution in [0.3, 0.4) is 0 Å². The Morgan fingerprint density at radius 1 is 1.18 bits per heavy atom. The van der Waals surface area contributed by atoms with Gasteiger partial charge in [0, 0.05) is 29.6 Å². The number of ether oxygens (including phenoxy) is 1. The monoisotopic (exact) mass is 557 g/mol. The number of halogens is 3. The number of amides is 1. The van der Waals surface area contributed by atoms with Crippen molar-refractivity contribution in [1.82, 2.24) is 15.0 Å². The van der Waals surface area contributed by atoms with Crippen molar-refractivity contribution in [1.29, 1.82) is 0 Å². The molecule has 1 atom stereocenters. The lowest BCUT2D eigenvalue weighted by Gasteiger charge is -2.25. The van der Waals surface area contributed by atoms with E-state index < -0.39 is 27.6 Å². The lowest BCUT2D eigenvalue weighted by Crippen LogP contribution is -2.32.